The van der Waals surface area contributed by atoms with E-state index in [0.717, 1.165) is 5.56 Å². The van der Waals surface area contributed by atoms with Crippen LogP contribution in [0.25, 0.3) is 0 Å². The van der Waals surface area contributed by atoms with Crippen LogP contribution in [0.1, 0.15) is 44.4 Å². The summed E-state index contributed by atoms with van der Waals surface area (Å²) < 4.78 is 24.8. The Balaban J connectivity index is 2.21. The second-order valence-corrected chi connectivity index (χ2v) is 6.75. The van der Waals surface area contributed by atoms with Crippen molar-refractivity contribution in [3.63, 3.8) is 0 Å². The molecule has 1 aliphatic rings. The molecule has 1 amide bonds. The van der Waals surface area contributed by atoms with Crippen molar-refractivity contribution in [1.82, 2.24) is 5.32 Å². The van der Waals surface area contributed by atoms with Gasteiger partial charge >= 0.3 is 6.09 Å². The van der Waals surface area contributed by atoms with Crippen LogP contribution in [0.5, 0.6) is 0 Å². The van der Waals surface area contributed by atoms with Crippen LogP contribution in [0.2, 0.25) is 0 Å². The zero-order chi connectivity index (χ0) is 17.2. The second kappa shape index (κ2) is 6.66. The Morgan fingerprint density at radius 3 is 2.74 bits per heavy atom. The van der Waals surface area contributed by atoms with E-state index in [2.05, 4.69) is 5.32 Å². The SMILES string of the molecule is Cc1ccc(F)c(C2OCC(=O)CC2NC(=O)OC(C)(C)C)c1. The average molecular weight is 323 g/mol. The van der Waals surface area contributed by atoms with Gasteiger partial charge in [0.15, 0.2) is 5.78 Å². The van der Waals surface area contributed by atoms with Crippen LogP contribution >= 0.6 is 0 Å². The molecular weight excluding hydrogens is 301 g/mol. The number of Topliss-reactive ketones (excluding diaryl/α,β-unsaturated/α-hetero) is 1. The monoisotopic (exact) mass is 323 g/mol. The second-order valence-electron chi connectivity index (χ2n) is 6.75. The molecule has 1 aromatic carbocycles. The number of hydrogen-bond acceptors (Lipinski definition) is 4. The fourth-order valence-electron chi connectivity index (χ4n) is 2.48. The van der Waals surface area contributed by atoms with Crippen LogP contribution in [-0.4, -0.2) is 30.1 Å². The zero-order valence-electron chi connectivity index (χ0n) is 13.8. The van der Waals surface area contributed by atoms with Gasteiger partial charge in [-0.3, -0.25) is 4.79 Å². The fraction of sp³-hybridized carbons (Fsp3) is 0.529. The van der Waals surface area contributed by atoms with Gasteiger partial charge in [-0.25, -0.2) is 9.18 Å². The van der Waals surface area contributed by atoms with Crippen molar-refractivity contribution in [3.05, 3.63) is 35.1 Å². The Kier molecular flexibility index (Phi) is 5.04. The van der Waals surface area contributed by atoms with Crippen LogP contribution < -0.4 is 5.32 Å². The Bertz CT molecular complexity index is 609. The van der Waals surface area contributed by atoms with Crippen molar-refractivity contribution in [1.29, 1.82) is 0 Å². The standard InChI is InChI=1S/C17H22FNO4/c1-10-5-6-13(18)12(7-10)15-14(8-11(20)9-22-15)19-16(21)23-17(2,3)4/h5-7,14-15H,8-9H2,1-4H3,(H,19,21). The lowest BCUT2D eigenvalue weighted by molar-refractivity contribution is -0.133. The first kappa shape index (κ1) is 17.4. The maximum Gasteiger partial charge on any atom is 0.407 e. The molecule has 0 saturated carbocycles. The average Bonchev–Trinajstić information content (AvgIpc) is 2.40. The molecule has 0 aliphatic carbocycles. The van der Waals surface area contributed by atoms with Gasteiger partial charge < -0.3 is 14.8 Å². The summed E-state index contributed by atoms with van der Waals surface area (Å²) in [7, 11) is 0. The molecule has 5 nitrogen and oxygen atoms in total. The van der Waals surface area contributed by atoms with Crippen LogP contribution in [0, 0.1) is 12.7 Å². The highest BCUT2D eigenvalue weighted by atomic mass is 19.1. The van der Waals surface area contributed by atoms with Crippen molar-refractivity contribution in [2.24, 2.45) is 0 Å². The minimum atomic E-state index is -0.722. The van der Waals surface area contributed by atoms with Gasteiger partial charge in [0.2, 0.25) is 0 Å². The normalized spacial score (nSPS) is 21.9. The van der Waals surface area contributed by atoms with E-state index < -0.39 is 29.7 Å². The molecule has 6 heteroatoms. The number of aryl methyl sites for hydroxylation is 1. The highest BCUT2D eigenvalue weighted by Gasteiger charge is 2.35. The molecule has 1 saturated heterocycles. The summed E-state index contributed by atoms with van der Waals surface area (Å²) in [6.07, 6.45) is -1.30. The van der Waals surface area contributed by atoms with E-state index in [1.807, 2.05) is 6.92 Å². The van der Waals surface area contributed by atoms with E-state index >= 15 is 0 Å². The number of alkyl carbamates (subject to hydrolysis) is 1. The lowest BCUT2D eigenvalue weighted by Gasteiger charge is -2.32. The molecule has 2 unspecified atom stereocenters. The third kappa shape index (κ3) is 4.76. The number of ketones is 1. The van der Waals surface area contributed by atoms with Crippen LogP contribution in [0.3, 0.4) is 0 Å². The first-order valence-electron chi connectivity index (χ1n) is 7.54. The number of rotatable bonds is 2. The Morgan fingerprint density at radius 2 is 2.09 bits per heavy atom. The third-order valence-corrected chi connectivity index (χ3v) is 3.40. The van der Waals surface area contributed by atoms with Crippen molar-refractivity contribution >= 4 is 11.9 Å². The third-order valence-electron chi connectivity index (χ3n) is 3.40. The smallest absolute Gasteiger partial charge is 0.407 e. The molecule has 1 aliphatic heterocycles. The Labute approximate surface area is 135 Å². The number of carbonyl (C=O) groups is 2. The predicted octanol–water partition coefficient (Wildman–Crippen LogP) is 3.06. The number of hydrogen-bond donors (Lipinski definition) is 1. The van der Waals surface area contributed by atoms with E-state index in [9.17, 15) is 14.0 Å². The minimum Gasteiger partial charge on any atom is -0.444 e. The number of nitrogens with one attached hydrogen (secondary N) is 1. The van der Waals surface area contributed by atoms with Gasteiger partial charge in [-0.1, -0.05) is 17.7 Å². The lowest BCUT2D eigenvalue weighted by atomic mass is 9.94. The lowest BCUT2D eigenvalue weighted by Crippen LogP contribution is -2.47. The summed E-state index contributed by atoms with van der Waals surface area (Å²) in [5.41, 5.74) is 0.546. The van der Waals surface area contributed by atoms with Gasteiger partial charge in [-0.05, 0) is 33.8 Å². The first-order valence-corrected chi connectivity index (χ1v) is 7.54. The first-order chi connectivity index (χ1) is 10.7. The molecule has 0 radical (unpaired) electrons. The summed E-state index contributed by atoms with van der Waals surface area (Å²) in [6, 6.07) is 4.01. The number of ether oxygens (including phenoxy) is 2. The van der Waals surface area contributed by atoms with Gasteiger partial charge in [0.05, 0.1) is 6.04 Å². The van der Waals surface area contributed by atoms with E-state index in [4.69, 9.17) is 9.47 Å². The van der Waals surface area contributed by atoms with E-state index in [1.165, 1.54) is 6.07 Å². The van der Waals surface area contributed by atoms with Gasteiger partial charge in [-0.15, -0.1) is 0 Å². The van der Waals surface area contributed by atoms with Crippen molar-refractivity contribution in [3.8, 4) is 0 Å². The zero-order valence-corrected chi connectivity index (χ0v) is 13.8. The number of benzene rings is 1. The molecule has 0 bridgehead atoms. The van der Waals surface area contributed by atoms with Crippen LogP contribution in [-0.2, 0) is 14.3 Å². The highest BCUT2D eigenvalue weighted by molar-refractivity contribution is 5.82. The van der Waals surface area contributed by atoms with Crippen molar-refractivity contribution in [2.75, 3.05) is 6.61 Å². The summed E-state index contributed by atoms with van der Waals surface area (Å²) in [5, 5.41) is 2.63. The van der Waals surface area contributed by atoms with Gasteiger partial charge in [0, 0.05) is 12.0 Å². The van der Waals surface area contributed by atoms with Crippen molar-refractivity contribution in [2.45, 2.75) is 51.9 Å². The van der Waals surface area contributed by atoms with Gasteiger partial charge in [-0.2, -0.15) is 0 Å². The summed E-state index contributed by atoms with van der Waals surface area (Å²) in [5.74, 6) is -0.568. The molecular formula is C17H22FNO4. The van der Waals surface area contributed by atoms with E-state index in [-0.39, 0.29) is 18.8 Å². The summed E-state index contributed by atoms with van der Waals surface area (Å²) in [6.45, 7) is 6.98. The van der Waals surface area contributed by atoms with Crippen LogP contribution in [0.15, 0.2) is 18.2 Å². The minimum absolute atomic E-state index is 0.0806. The quantitative estimate of drug-likeness (QED) is 0.908. The number of carbonyl (C=O) groups excluding carboxylic acids is 2. The molecule has 1 N–H and O–H groups in total. The Hall–Kier alpha value is -1.95. The predicted molar refractivity (Wildman–Crippen MR) is 82.6 cm³/mol. The maximum atomic E-state index is 14.1. The fourth-order valence-corrected chi connectivity index (χ4v) is 2.48. The summed E-state index contributed by atoms with van der Waals surface area (Å²) >= 11 is 0. The molecule has 126 valence electrons. The molecule has 2 rings (SSSR count). The largest absolute Gasteiger partial charge is 0.444 e. The number of halogens is 1. The molecule has 1 heterocycles. The summed E-state index contributed by atoms with van der Waals surface area (Å²) in [4.78, 5) is 23.6. The molecule has 1 aromatic rings. The van der Waals surface area contributed by atoms with E-state index in [1.54, 1.807) is 32.9 Å². The maximum absolute atomic E-state index is 14.1. The Morgan fingerprint density at radius 1 is 1.39 bits per heavy atom. The molecule has 1 fully saturated rings. The number of amides is 1. The van der Waals surface area contributed by atoms with E-state index in [0.29, 0.717) is 5.56 Å². The topological polar surface area (TPSA) is 64.6 Å². The molecule has 2 atom stereocenters. The van der Waals surface area contributed by atoms with Gasteiger partial charge in [0.25, 0.3) is 0 Å². The molecule has 0 spiro atoms. The highest BCUT2D eigenvalue weighted by Crippen LogP contribution is 2.30. The van der Waals surface area contributed by atoms with Crippen LogP contribution in [0.4, 0.5) is 9.18 Å². The molecule has 0 aromatic heterocycles. The molecule has 23 heavy (non-hydrogen) atoms. The van der Waals surface area contributed by atoms with Gasteiger partial charge in [0.1, 0.15) is 24.1 Å². The van der Waals surface area contributed by atoms with Crippen molar-refractivity contribution < 1.29 is 23.5 Å².